The Kier molecular flexibility index (Phi) is 2.65. The van der Waals surface area contributed by atoms with Crippen molar-refractivity contribution in [2.24, 2.45) is 0 Å². The maximum Gasteiger partial charge on any atom is 0.162 e. The molecular weight excluding hydrogens is 238 g/mol. The Morgan fingerprint density at radius 2 is 2.00 bits per heavy atom. The minimum atomic E-state index is 0.625. The molecule has 1 N–H and O–H groups in total. The molecule has 0 bridgehead atoms. The molecule has 2 fully saturated rings. The molecule has 1 aliphatic heterocycles. The van der Waals surface area contributed by atoms with E-state index in [1.54, 1.807) is 0 Å². The second-order valence-electron chi connectivity index (χ2n) is 5.54. The lowest BCUT2D eigenvalue weighted by Crippen LogP contribution is -2.43. The molecule has 5 nitrogen and oxygen atoms in total. The molecule has 2 aliphatic rings. The van der Waals surface area contributed by atoms with E-state index in [1.165, 1.54) is 24.9 Å². The van der Waals surface area contributed by atoms with E-state index in [-0.39, 0.29) is 0 Å². The smallest absolute Gasteiger partial charge is 0.162 e. The van der Waals surface area contributed by atoms with Gasteiger partial charge in [0.15, 0.2) is 5.65 Å². The van der Waals surface area contributed by atoms with Crippen LogP contribution >= 0.6 is 0 Å². The average molecular weight is 257 g/mol. The van der Waals surface area contributed by atoms with E-state index in [0.29, 0.717) is 5.92 Å². The van der Waals surface area contributed by atoms with Gasteiger partial charge in [-0.05, 0) is 18.9 Å². The third-order valence-electron chi connectivity index (χ3n) is 4.37. The van der Waals surface area contributed by atoms with Crippen LogP contribution in [0.5, 0.6) is 0 Å². The Morgan fingerprint density at radius 1 is 1.16 bits per heavy atom. The Morgan fingerprint density at radius 3 is 2.74 bits per heavy atom. The summed E-state index contributed by atoms with van der Waals surface area (Å²) in [6.45, 7) is 4.26. The molecule has 1 saturated heterocycles. The predicted molar refractivity (Wildman–Crippen MR) is 74.7 cm³/mol. The highest BCUT2D eigenvalue weighted by Gasteiger charge is 2.24. The molecule has 3 heterocycles. The van der Waals surface area contributed by atoms with Crippen molar-refractivity contribution in [1.82, 2.24) is 19.9 Å². The summed E-state index contributed by atoms with van der Waals surface area (Å²) < 4.78 is 2.16. The molecular formula is C14H19N5. The largest absolute Gasteiger partial charge is 0.369 e. The second kappa shape index (κ2) is 4.49. The molecule has 0 unspecified atom stereocenters. The first-order valence-electron chi connectivity index (χ1n) is 7.22. The zero-order valence-corrected chi connectivity index (χ0v) is 11.0. The molecule has 0 spiro atoms. The van der Waals surface area contributed by atoms with Crippen LogP contribution in [0, 0.1) is 0 Å². The molecule has 1 aliphatic carbocycles. The SMILES string of the molecule is c1cn2c(C3CCC3)nnc2cc1N1CCNCC1. The van der Waals surface area contributed by atoms with Gasteiger partial charge in [-0.1, -0.05) is 6.42 Å². The number of nitrogens with zero attached hydrogens (tertiary/aromatic N) is 4. The second-order valence-corrected chi connectivity index (χ2v) is 5.54. The van der Waals surface area contributed by atoms with Crippen LogP contribution < -0.4 is 10.2 Å². The lowest BCUT2D eigenvalue weighted by atomic mass is 9.85. The highest BCUT2D eigenvalue weighted by atomic mass is 15.3. The fourth-order valence-corrected chi connectivity index (χ4v) is 2.96. The summed E-state index contributed by atoms with van der Waals surface area (Å²) in [6, 6.07) is 4.37. The van der Waals surface area contributed by atoms with Crippen molar-refractivity contribution < 1.29 is 0 Å². The van der Waals surface area contributed by atoms with Gasteiger partial charge in [0.1, 0.15) is 5.82 Å². The number of aromatic nitrogens is 3. The molecule has 4 rings (SSSR count). The first-order valence-corrected chi connectivity index (χ1v) is 7.22. The van der Waals surface area contributed by atoms with Gasteiger partial charge in [0.05, 0.1) is 0 Å². The molecule has 2 aromatic rings. The van der Waals surface area contributed by atoms with Gasteiger partial charge in [0.2, 0.25) is 0 Å². The highest BCUT2D eigenvalue weighted by molar-refractivity contribution is 5.56. The number of piperazine rings is 1. The van der Waals surface area contributed by atoms with Crippen LogP contribution in [0.4, 0.5) is 5.69 Å². The standard InChI is InChI=1S/C14H19N5/c1-2-11(3-1)14-17-16-13-10-12(4-7-19(13)14)18-8-5-15-6-9-18/h4,7,10-11,15H,1-3,5-6,8-9H2. The number of pyridine rings is 1. The average Bonchev–Trinajstić information content (AvgIpc) is 2.81. The zero-order valence-electron chi connectivity index (χ0n) is 11.0. The number of anilines is 1. The molecule has 19 heavy (non-hydrogen) atoms. The number of rotatable bonds is 2. The van der Waals surface area contributed by atoms with Gasteiger partial charge in [-0.2, -0.15) is 0 Å². The van der Waals surface area contributed by atoms with Gasteiger partial charge >= 0.3 is 0 Å². The van der Waals surface area contributed by atoms with E-state index in [0.717, 1.165) is 37.7 Å². The topological polar surface area (TPSA) is 45.5 Å². The van der Waals surface area contributed by atoms with Crippen LogP contribution in [0.15, 0.2) is 18.3 Å². The van der Waals surface area contributed by atoms with Gasteiger partial charge in [-0.15, -0.1) is 10.2 Å². The van der Waals surface area contributed by atoms with E-state index in [2.05, 4.69) is 43.1 Å². The Hall–Kier alpha value is -1.62. The summed E-state index contributed by atoms with van der Waals surface area (Å²) in [5.74, 6) is 1.77. The summed E-state index contributed by atoms with van der Waals surface area (Å²) in [4.78, 5) is 2.41. The quantitative estimate of drug-likeness (QED) is 0.883. The molecule has 1 saturated carbocycles. The van der Waals surface area contributed by atoms with Crippen molar-refractivity contribution in [3.63, 3.8) is 0 Å². The normalized spacial score (nSPS) is 20.7. The van der Waals surface area contributed by atoms with E-state index < -0.39 is 0 Å². The Bertz CT molecular complexity index is 581. The fraction of sp³-hybridized carbons (Fsp3) is 0.571. The Labute approximate surface area is 112 Å². The van der Waals surface area contributed by atoms with Gasteiger partial charge in [-0.25, -0.2) is 0 Å². The summed E-state index contributed by atoms with van der Waals surface area (Å²) >= 11 is 0. The fourth-order valence-electron chi connectivity index (χ4n) is 2.96. The van der Waals surface area contributed by atoms with Crippen molar-refractivity contribution in [2.45, 2.75) is 25.2 Å². The Balaban J connectivity index is 1.67. The van der Waals surface area contributed by atoms with E-state index in [4.69, 9.17) is 0 Å². The van der Waals surface area contributed by atoms with Gasteiger partial charge < -0.3 is 10.2 Å². The van der Waals surface area contributed by atoms with Gasteiger partial charge in [-0.3, -0.25) is 4.40 Å². The highest BCUT2D eigenvalue weighted by Crippen LogP contribution is 2.35. The summed E-state index contributed by atoms with van der Waals surface area (Å²) in [6.07, 6.45) is 6.00. The third kappa shape index (κ3) is 1.89. The van der Waals surface area contributed by atoms with E-state index in [1.807, 2.05) is 0 Å². The van der Waals surface area contributed by atoms with Crippen molar-refractivity contribution in [2.75, 3.05) is 31.1 Å². The molecule has 5 heteroatoms. The van der Waals surface area contributed by atoms with Crippen LogP contribution in [-0.4, -0.2) is 40.8 Å². The van der Waals surface area contributed by atoms with Crippen molar-refractivity contribution in [3.05, 3.63) is 24.2 Å². The molecule has 0 atom stereocenters. The van der Waals surface area contributed by atoms with Crippen LogP contribution in [0.2, 0.25) is 0 Å². The number of hydrogen-bond acceptors (Lipinski definition) is 4. The maximum absolute atomic E-state index is 4.39. The summed E-state index contributed by atoms with van der Waals surface area (Å²) in [5, 5.41) is 12.1. The van der Waals surface area contributed by atoms with Crippen LogP contribution in [0.1, 0.15) is 31.0 Å². The van der Waals surface area contributed by atoms with Crippen LogP contribution in [-0.2, 0) is 0 Å². The summed E-state index contributed by atoms with van der Waals surface area (Å²) in [5.41, 5.74) is 2.25. The molecule has 0 radical (unpaired) electrons. The van der Waals surface area contributed by atoms with Crippen LogP contribution in [0.25, 0.3) is 5.65 Å². The van der Waals surface area contributed by atoms with E-state index >= 15 is 0 Å². The number of nitrogens with one attached hydrogen (secondary N) is 1. The first-order chi connectivity index (χ1) is 9.42. The lowest BCUT2D eigenvalue weighted by Gasteiger charge is -2.29. The minimum Gasteiger partial charge on any atom is -0.369 e. The number of fused-ring (bicyclic) bond motifs is 1. The van der Waals surface area contributed by atoms with E-state index in [9.17, 15) is 0 Å². The third-order valence-corrected chi connectivity index (χ3v) is 4.37. The molecule has 2 aromatic heterocycles. The monoisotopic (exact) mass is 257 g/mol. The zero-order chi connectivity index (χ0) is 12.7. The lowest BCUT2D eigenvalue weighted by molar-refractivity contribution is 0.399. The molecule has 100 valence electrons. The van der Waals surface area contributed by atoms with Crippen molar-refractivity contribution in [3.8, 4) is 0 Å². The van der Waals surface area contributed by atoms with Gasteiger partial charge in [0.25, 0.3) is 0 Å². The number of hydrogen-bond donors (Lipinski definition) is 1. The predicted octanol–water partition coefficient (Wildman–Crippen LogP) is 1.41. The minimum absolute atomic E-state index is 0.625. The van der Waals surface area contributed by atoms with Crippen molar-refractivity contribution in [1.29, 1.82) is 0 Å². The maximum atomic E-state index is 4.39. The van der Waals surface area contributed by atoms with Gasteiger partial charge in [0, 0.05) is 50.0 Å². The molecule has 0 aromatic carbocycles. The van der Waals surface area contributed by atoms with Crippen LogP contribution in [0.3, 0.4) is 0 Å². The molecule has 0 amide bonds. The first kappa shape index (κ1) is 11.2. The summed E-state index contributed by atoms with van der Waals surface area (Å²) in [7, 11) is 0. The van der Waals surface area contributed by atoms with Crippen molar-refractivity contribution >= 4 is 11.3 Å².